The van der Waals surface area contributed by atoms with Crippen LogP contribution < -0.4 is 4.90 Å². The number of benzene rings is 1. The van der Waals surface area contributed by atoms with Crippen molar-refractivity contribution in [3.8, 4) is 0 Å². The van der Waals surface area contributed by atoms with E-state index in [0.717, 1.165) is 16.9 Å². The summed E-state index contributed by atoms with van der Waals surface area (Å²) in [5.74, 6) is 0. The number of anilines is 1. The van der Waals surface area contributed by atoms with E-state index in [1.807, 2.05) is 48.3 Å². The van der Waals surface area contributed by atoms with Gasteiger partial charge in [0.15, 0.2) is 0 Å². The van der Waals surface area contributed by atoms with Crippen molar-refractivity contribution in [2.24, 2.45) is 0 Å². The minimum absolute atomic E-state index is 0.0253. The van der Waals surface area contributed by atoms with Crippen molar-refractivity contribution >= 4 is 17.3 Å². The first-order valence-electron chi connectivity index (χ1n) is 5.71. The number of hydrogen-bond donors (Lipinski definition) is 1. The van der Waals surface area contributed by atoms with E-state index < -0.39 is 0 Å². The van der Waals surface area contributed by atoms with Gasteiger partial charge in [-0.15, -0.1) is 0 Å². The van der Waals surface area contributed by atoms with Crippen LogP contribution in [0.2, 0.25) is 5.02 Å². The van der Waals surface area contributed by atoms with E-state index >= 15 is 0 Å². The van der Waals surface area contributed by atoms with Crippen molar-refractivity contribution in [2.45, 2.75) is 13.2 Å². The average Bonchev–Trinajstić information content (AvgIpc) is 2.39. The summed E-state index contributed by atoms with van der Waals surface area (Å²) in [5.41, 5.74) is 2.64. The van der Waals surface area contributed by atoms with Crippen molar-refractivity contribution in [2.75, 3.05) is 11.9 Å². The predicted octanol–water partition coefficient (Wildman–Crippen LogP) is 2.86. The quantitative estimate of drug-likeness (QED) is 0.921. The van der Waals surface area contributed by atoms with E-state index in [9.17, 15) is 5.11 Å². The SMILES string of the molecule is CN(Cc1ccccn1)c1c(Cl)cccc1CO. The normalized spacial score (nSPS) is 10.4. The lowest BCUT2D eigenvalue weighted by Crippen LogP contribution is -2.19. The third-order valence-corrected chi connectivity index (χ3v) is 3.05. The van der Waals surface area contributed by atoms with Crippen LogP contribution in [0.5, 0.6) is 0 Å². The lowest BCUT2D eigenvalue weighted by atomic mass is 10.1. The molecule has 2 rings (SSSR count). The van der Waals surface area contributed by atoms with Crippen LogP contribution >= 0.6 is 11.6 Å². The molecule has 0 bridgehead atoms. The molecule has 18 heavy (non-hydrogen) atoms. The van der Waals surface area contributed by atoms with Crippen molar-refractivity contribution in [3.63, 3.8) is 0 Å². The van der Waals surface area contributed by atoms with Gasteiger partial charge < -0.3 is 10.0 Å². The standard InChI is InChI=1S/C14H15ClN2O/c1-17(9-12-6-2-3-8-16-12)14-11(10-18)5-4-7-13(14)15/h2-8,18H,9-10H2,1H3. The Balaban J connectivity index is 2.26. The highest BCUT2D eigenvalue weighted by atomic mass is 35.5. The molecular weight excluding hydrogens is 248 g/mol. The first-order chi connectivity index (χ1) is 8.72. The Bertz CT molecular complexity index is 516. The number of aliphatic hydroxyl groups is 1. The van der Waals surface area contributed by atoms with Gasteiger partial charge in [-0.3, -0.25) is 4.98 Å². The highest BCUT2D eigenvalue weighted by molar-refractivity contribution is 6.33. The highest BCUT2D eigenvalue weighted by Gasteiger charge is 2.11. The second kappa shape index (κ2) is 5.85. The maximum Gasteiger partial charge on any atom is 0.0702 e. The van der Waals surface area contributed by atoms with Gasteiger partial charge in [0, 0.05) is 18.8 Å². The van der Waals surface area contributed by atoms with Crippen LogP contribution in [0, 0.1) is 0 Å². The third-order valence-electron chi connectivity index (χ3n) is 2.75. The smallest absolute Gasteiger partial charge is 0.0702 e. The van der Waals surface area contributed by atoms with Crippen LogP contribution in [0.25, 0.3) is 0 Å². The van der Waals surface area contributed by atoms with Gasteiger partial charge >= 0.3 is 0 Å². The summed E-state index contributed by atoms with van der Waals surface area (Å²) in [4.78, 5) is 6.28. The molecule has 0 spiro atoms. The van der Waals surface area contributed by atoms with Gasteiger partial charge in [0.2, 0.25) is 0 Å². The number of aromatic nitrogens is 1. The Morgan fingerprint density at radius 2 is 2.06 bits per heavy atom. The zero-order chi connectivity index (χ0) is 13.0. The Morgan fingerprint density at radius 1 is 1.22 bits per heavy atom. The molecule has 0 fully saturated rings. The van der Waals surface area contributed by atoms with Gasteiger partial charge in [0.05, 0.1) is 29.6 Å². The van der Waals surface area contributed by atoms with Crippen LogP contribution in [0.1, 0.15) is 11.3 Å². The van der Waals surface area contributed by atoms with E-state index in [4.69, 9.17) is 11.6 Å². The molecule has 4 heteroatoms. The van der Waals surface area contributed by atoms with E-state index in [0.29, 0.717) is 11.6 Å². The zero-order valence-electron chi connectivity index (χ0n) is 10.2. The summed E-state index contributed by atoms with van der Waals surface area (Å²) in [6.45, 7) is 0.625. The lowest BCUT2D eigenvalue weighted by molar-refractivity contribution is 0.282. The number of pyridine rings is 1. The molecule has 0 saturated heterocycles. The van der Waals surface area contributed by atoms with Crippen molar-refractivity contribution in [1.29, 1.82) is 0 Å². The minimum atomic E-state index is -0.0253. The molecule has 0 radical (unpaired) electrons. The summed E-state index contributed by atoms with van der Waals surface area (Å²) in [5, 5.41) is 10.00. The zero-order valence-corrected chi connectivity index (χ0v) is 10.9. The van der Waals surface area contributed by atoms with Crippen LogP contribution in [0.4, 0.5) is 5.69 Å². The van der Waals surface area contributed by atoms with Crippen LogP contribution in [-0.2, 0) is 13.2 Å². The molecule has 0 saturated carbocycles. The average molecular weight is 263 g/mol. The second-order valence-electron chi connectivity index (χ2n) is 4.08. The van der Waals surface area contributed by atoms with Crippen molar-refractivity contribution < 1.29 is 5.11 Å². The molecule has 0 atom stereocenters. The molecule has 0 unspecified atom stereocenters. The number of aliphatic hydroxyl groups excluding tert-OH is 1. The Hall–Kier alpha value is -1.58. The molecule has 2 aromatic rings. The molecule has 1 aromatic heterocycles. The van der Waals surface area contributed by atoms with E-state index in [-0.39, 0.29) is 6.61 Å². The Kier molecular flexibility index (Phi) is 4.18. The van der Waals surface area contributed by atoms with E-state index in [2.05, 4.69) is 4.98 Å². The largest absolute Gasteiger partial charge is 0.392 e. The summed E-state index contributed by atoms with van der Waals surface area (Å²) in [6.07, 6.45) is 1.77. The number of halogens is 1. The highest BCUT2D eigenvalue weighted by Crippen LogP contribution is 2.29. The molecule has 94 valence electrons. The maximum absolute atomic E-state index is 9.36. The number of hydrogen-bond acceptors (Lipinski definition) is 3. The predicted molar refractivity (Wildman–Crippen MR) is 73.7 cm³/mol. The third kappa shape index (κ3) is 2.81. The van der Waals surface area contributed by atoms with E-state index in [1.165, 1.54) is 0 Å². The molecular formula is C14H15ClN2O. The number of nitrogens with zero attached hydrogens (tertiary/aromatic N) is 2. The molecule has 0 aliphatic carbocycles. The minimum Gasteiger partial charge on any atom is -0.392 e. The summed E-state index contributed by atoms with van der Waals surface area (Å²) in [7, 11) is 1.94. The van der Waals surface area contributed by atoms with Crippen LogP contribution in [-0.4, -0.2) is 17.1 Å². The molecule has 0 aliphatic heterocycles. The summed E-state index contributed by atoms with van der Waals surface area (Å²) in [6, 6.07) is 11.3. The van der Waals surface area contributed by atoms with Gasteiger partial charge in [0.1, 0.15) is 0 Å². The fourth-order valence-electron chi connectivity index (χ4n) is 1.93. The first-order valence-corrected chi connectivity index (χ1v) is 6.09. The van der Waals surface area contributed by atoms with Gasteiger partial charge in [0.25, 0.3) is 0 Å². The fraction of sp³-hybridized carbons (Fsp3) is 0.214. The van der Waals surface area contributed by atoms with Crippen molar-refractivity contribution in [3.05, 3.63) is 58.9 Å². The summed E-state index contributed by atoms with van der Waals surface area (Å²) >= 11 is 6.20. The summed E-state index contributed by atoms with van der Waals surface area (Å²) < 4.78 is 0. The van der Waals surface area contributed by atoms with Gasteiger partial charge in [-0.2, -0.15) is 0 Å². The van der Waals surface area contributed by atoms with Crippen LogP contribution in [0.15, 0.2) is 42.6 Å². The Morgan fingerprint density at radius 3 is 2.72 bits per heavy atom. The topological polar surface area (TPSA) is 36.4 Å². The molecule has 0 amide bonds. The van der Waals surface area contributed by atoms with Crippen molar-refractivity contribution in [1.82, 2.24) is 4.98 Å². The van der Waals surface area contributed by atoms with Crippen LogP contribution in [0.3, 0.4) is 0 Å². The molecule has 1 heterocycles. The fourth-order valence-corrected chi connectivity index (χ4v) is 2.27. The number of rotatable bonds is 4. The molecule has 1 aromatic carbocycles. The van der Waals surface area contributed by atoms with Gasteiger partial charge in [-0.1, -0.05) is 29.8 Å². The monoisotopic (exact) mass is 262 g/mol. The first kappa shape index (κ1) is 12.9. The maximum atomic E-state index is 9.36. The number of para-hydroxylation sites is 1. The Labute approximate surface area is 112 Å². The van der Waals surface area contributed by atoms with Gasteiger partial charge in [-0.05, 0) is 18.2 Å². The molecule has 1 N–H and O–H groups in total. The second-order valence-corrected chi connectivity index (χ2v) is 4.49. The van der Waals surface area contributed by atoms with E-state index in [1.54, 1.807) is 6.20 Å². The lowest BCUT2D eigenvalue weighted by Gasteiger charge is -2.22. The molecule has 3 nitrogen and oxygen atoms in total. The van der Waals surface area contributed by atoms with Gasteiger partial charge in [-0.25, -0.2) is 0 Å². The molecule has 0 aliphatic rings.